The summed E-state index contributed by atoms with van der Waals surface area (Å²) in [4.78, 5) is 10.7. The van der Waals surface area contributed by atoms with Gasteiger partial charge in [-0.25, -0.2) is 0 Å². The third kappa shape index (κ3) is 4.97. The second-order valence-corrected chi connectivity index (χ2v) is 4.93. The van der Waals surface area contributed by atoms with Gasteiger partial charge in [0, 0.05) is 30.3 Å². The highest BCUT2D eigenvalue weighted by Crippen LogP contribution is 2.14. The molecule has 0 saturated heterocycles. The summed E-state index contributed by atoms with van der Waals surface area (Å²) in [6.45, 7) is 3.65. The highest BCUT2D eigenvalue weighted by atomic mass is 32.2. The van der Waals surface area contributed by atoms with Crippen LogP contribution in [0.3, 0.4) is 0 Å². The van der Waals surface area contributed by atoms with Crippen LogP contribution >= 0.6 is 11.8 Å². The zero-order chi connectivity index (χ0) is 12.7. The summed E-state index contributed by atoms with van der Waals surface area (Å²) in [6, 6.07) is 5.85. The average molecular weight is 247 g/mol. The van der Waals surface area contributed by atoms with Crippen molar-refractivity contribution in [2.45, 2.75) is 26.7 Å². The quantitative estimate of drug-likeness (QED) is 0.507. The number of anilines is 1. The molecule has 0 fully saturated rings. The van der Waals surface area contributed by atoms with Gasteiger partial charge >= 0.3 is 0 Å². The Kier molecular flexibility index (Phi) is 5.65. The maximum atomic E-state index is 10.7. The first kappa shape index (κ1) is 13.7. The Balaban J connectivity index is 2.57. The smallest absolute Gasteiger partial charge is 0.185 e. The van der Waals surface area contributed by atoms with E-state index in [-0.39, 0.29) is 5.12 Å². The number of aryl methyl sites for hydroxylation is 1. The molecule has 0 radical (unpaired) electrons. The number of nitrogen functional groups attached to an aromatic ring is 1. The molecule has 0 unspecified atom stereocenters. The van der Waals surface area contributed by atoms with Crippen LogP contribution < -0.4 is 5.73 Å². The molecule has 3 heteroatoms. The Morgan fingerprint density at radius 1 is 1.47 bits per heavy atom. The Hall–Kier alpha value is -1.40. The molecule has 0 aliphatic heterocycles. The van der Waals surface area contributed by atoms with Gasteiger partial charge in [-0.15, -0.1) is 0 Å². The fourth-order valence-corrected chi connectivity index (χ4v) is 1.89. The normalized spacial score (nSPS) is 9.53. The predicted octanol–water partition coefficient (Wildman–Crippen LogP) is 2.85. The van der Waals surface area contributed by atoms with E-state index < -0.39 is 0 Å². The van der Waals surface area contributed by atoms with Crippen LogP contribution in [0.25, 0.3) is 0 Å². The molecule has 1 aromatic rings. The van der Waals surface area contributed by atoms with E-state index in [0.29, 0.717) is 0 Å². The third-order valence-electron chi connectivity index (χ3n) is 2.29. The van der Waals surface area contributed by atoms with Crippen molar-refractivity contribution in [3.63, 3.8) is 0 Å². The lowest BCUT2D eigenvalue weighted by molar-refractivity contribution is -0.109. The second kappa shape index (κ2) is 7.03. The molecule has 0 aliphatic carbocycles. The van der Waals surface area contributed by atoms with E-state index in [0.717, 1.165) is 35.4 Å². The van der Waals surface area contributed by atoms with E-state index in [1.165, 1.54) is 11.8 Å². The van der Waals surface area contributed by atoms with Crippen molar-refractivity contribution in [1.82, 2.24) is 0 Å². The molecular formula is C14H17NOS. The van der Waals surface area contributed by atoms with Crippen LogP contribution in [0.2, 0.25) is 0 Å². The largest absolute Gasteiger partial charge is 0.399 e. The van der Waals surface area contributed by atoms with Gasteiger partial charge < -0.3 is 5.73 Å². The van der Waals surface area contributed by atoms with Gasteiger partial charge in [-0.2, -0.15) is 0 Å². The van der Waals surface area contributed by atoms with Gasteiger partial charge in [-0.1, -0.05) is 30.5 Å². The minimum atomic E-state index is 0.146. The van der Waals surface area contributed by atoms with Gasteiger partial charge in [0.15, 0.2) is 5.12 Å². The van der Waals surface area contributed by atoms with Crippen molar-refractivity contribution >= 4 is 22.6 Å². The van der Waals surface area contributed by atoms with Crippen molar-refractivity contribution in [3.8, 4) is 11.8 Å². The third-order valence-corrected chi connectivity index (χ3v) is 3.10. The van der Waals surface area contributed by atoms with Crippen molar-refractivity contribution in [2.24, 2.45) is 0 Å². The molecule has 2 nitrogen and oxygen atoms in total. The molecule has 0 heterocycles. The molecule has 17 heavy (non-hydrogen) atoms. The first-order valence-electron chi connectivity index (χ1n) is 5.64. The van der Waals surface area contributed by atoms with Gasteiger partial charge in [0.05, 0.1) is 0 Å². The zero-order valence-corrected chi connectivity index (χ0v) is 11.1. The molecule has 1 rings (SSSR count). The lowest BCUT2D eigenvalue weighted by atomic mass is 10.1. The molecule has 0 amide bonds. The monoisotopic (exact) mass is 247 g/mol. The number of thioether (sulfide) groups is 1. The Labute approximate surface area is 107 Å². The highest BCUT2D eigenvalue weighted by Gasteiger charge is 1.96. The van der Waals surface area contributed by atoms with Crippen LogP contribution in [0.5, 0.6) is 0 Å². The zero-order valence-electron chi connectivity index (χ0n) is 10.2. The minimum absolute atomic E-state index is 0.146. The standard InChI is InChI=1S/C14H17NOS/c1-3-13-10-12(7-8-14(13)15)6-4-5-9-17-11(2)16/h7-8,10H,3,5,9,15H2,1-2H3. The van der Waals surface area contributed by atoms with E-state index in [4.69, 9.17) is 5.73 Å². The lowest BCUT2D eigenvalue weighted by Gasteiger charge is -2.02. The maximum absolute atomic E-state index is 10.7. The predicted molar refractivity (Wildman–Crippen MR) is 74.9 cm³/mol. The van der Waals surface area contributed by atoms with Crippen LogP contribution in [-0.2, 0) is 11.2 Å². The van der Waals surface area contributed by atoms with Gasteiger partial charge in [0.2, 0.25) is 0 Å². The Morgan fingerprint density at radius 3 is 2.88 bits per heavy atom. The van der Waals surface area contributed by atoms with E-state index in [9.17, 15) is 4.79 Å². The van der Waals surface area contributed by atoms with E-state index >= 15 is 0 Å². The number of hydrogen-bond donors (Lipinski definition) is 1. The number of nitrogens with two attached hydrogens (primary N) is 1. The SMILES string of the molecule is CCc1cc(C#CCCSC(C)=O)ccc1N. The molecule has 0 atom stereocenters. The van der Waals surface area contributed by atoms with Crippen LogP contribution in [0.4, 0.5) is 5.69 Å². The fourth-order valence-electron chi connectivity index (χ4n) is 1.40. The van der Waals surface area contributed by atoms with Crippen LogP contribution in [0, 0.1) is 11.8 Å². The molecule has 0 bridgehead atoms. The maximum Gasteiger partial charge on any atom is 0.185 e. The summed E-state index contributed by atoms with van der Waals surface area (Å²) < 4.78 is 0. The van der Waals surface area contributed by atoms with E-state index in [1.54, 1.807) is 6.92 Å². The molecule has 2 N–H and O–H groups in total. The summed E-state index contributed by atoms with van der Waals surface area (Å²) in [5, 5.41) is 0.146. The van der Waals surface area contributed by atoms with Crippen LogP contribution in [0.15, 0.2) is 18.2 Å². The van der Waals surface area contributed by atoms with Gasteiger partial charge in [0.1, 0.15) is 0 Å². The first-order valence-corrected chi connectivity index (χ1v) is 6.62. The van der Waals surface area contributed by atoms with E-state index in [2.05, 4.69) is 18.8 Å². The Morgan fingerprint density at radius 2 is 2.24 bits per heavy atom. The second-order valence-electron chi connectivity index (χ2n) is 3.66. The van der Waals surface area contributed by atoms with Crippen molar-refractivity contribution < 1.29 is 4.79 Å². The van der Waals surface area contributed by atoms with Crippen molar-refractivity contribution in [3.05, 3.63) is 29.3 Å². The van der Waals surface area contributed by atoms with Gasteiger partial charge in [0.25, 0.3) is 0 Å². The number of carbonyl (C=O) groups is 1. The summed E-state index contributed by atoms with van der Waals surface area (Å²) >= 11 is 1.32. The molecule has 0 aromatic heterocycles. The summed E-state index contributed by atoms with van der Waals surface area (Å²) in [7, 11) is 0. The van der Waals surface area contributed by atoms with Gasteiger partial charge in [-0.05, 0) is 30.2 Å². The van der Waals surface area contributed by atoms with Crippen molar-refractivity contribution in [1.29, 1.82) is 0 Å². The van der Waals surface area contributed by atoms with Gasteiger partial charge in [-0.3, -0.25) is 4.79 Å². The molecule has 0 aliphatic rings. The lowest BCUT2D eigenvalue weighted by Crippen LogP contribution is -1.93. The number of benzene rings is 1. The number of hydrogen-bond acceptors (Lipinski definition) is 3. The first-order chi connectivity index (χ1) is 8.13. The van der Waals surface area contributed by atoms with Crippen LogP contribution in [0.1, 0.15) is 31.4 Å². The van der Waals surface area contributed by atoms with Crippen LogP contribution in [-0.4, -0.2) is 10.9 Å². The average Bonchev–Trinajstić information content (AvgIpc) is 2.30. The number of rotatable bonds is 3. The summed E-state index contributed by atoms with van der Waals surface area (Å²) in [5.41, 5.74) is 8.77. The van der Waals surface area contributed by atoms with E-state index in [1.807, 2.05) is 18.2 Å². The number of carbonyl (C=O) groups excluding carboxylic acids is 1. The summed E-state index contributed by atoms with van der Waals surface area (Å²) in [6.07, 6.45) is 1.65. The highest BCUT2D eigenvalue weighted by molar-refractivity contribution is 8.13. The topological polar surface area (TPSA) is 43.1 Å². The minimum Gasteiger partial charge on any atom is -0.399 e. The molecule has 0 saturated carbocycles. The molecule has 90 valence electrons. The van der Waals surface area contributed by atoms with Crippen molar-refractivity contribution in [2.75, 3.05) is 11.5 Å². The molecule has 0 spiro atoms. The Bertz CT molecular complexity index is 457. The molecule has 1 aromatic carbocycles. The molecular weight excluding hydrogens is 230 g/mol. The fraction of sp³-hybridized carbons (Fsp3) is 0.357. The summed E-state index contributed by atoms with van der Waals surface area (Å²) in [5.74, 6) is 6.92.